The number of carbonyl (C=O) groups excluding carboxylic acids is 2. The fourth-order valence-corrected chi connectivity index (χ4v) is 2.01. The number of rotatable bonds is 7. The molecule has 5 nitrogen and oxygen atoms in total. The number of ether oxygens (including phenoxy) is 1. The molecule has 2 amide bonds. The molecule has 2 N–H and O–H groups in total. The Morgan fingerprint density at radius 3 is 2.43 bits per heavy atom. The lowest BCUT2D eigenvalue weighted by atomic mass is 10.2. The van der Waals surface area contributed by atoms with E-state index in [-0.39, 0.29) is 18.4 Å². The van der Waals surface area contributed by atoms with E-state index in [0.29, 0.717) is 29.4 Å². The second-order valence-corrected chi connectivity index (χ2v) is 5.15. The minimum absolute atomic E-state index is 0.104. The summed E-state index contributed by atoms with van der Waals surface area (Å²) < 4.78 is 5.31. The largest absolute Gasteiger partial charge is 0.484 e. The van der Waals surface area contributed by atoms with Crippen LogP contribution in [0.2, 0.25) is 5.02 Å². The summed E-state index contributed by atoms with van der Waals surface area (Å²) in [6.07, 6.45) is 0. The molecule has 0 aromatic heterocycles. The van der Waals surface area contributed by atoms with E-state index in [1.54, 1.807) is 48.5 Å². The van der Waals surface area contributed by atoms with Crippen molar-refractivity contribution in [3.63, 3.8) is 0 Å². The molecule has 6 heteroatoms. The number of halogens is 1. The molecule has 0 aliphatic heterocycles. The molecule has 0 unspecified atom stereocenters. The molecule has 0 atom stereocenters. The smallest absolute Gasteiger partial charge is 0.258 e. The first-order chi connectivity index (χ1) is 11.1. The highest BCUT2D eigenvalue weighted by Crippen LogP contribution is 2.16. The van der Waals surface area contributed by atoms with E-state index in [0.717, 1.165) is 0 Å². The van der Waals surface area contributed by atoms with E-state index in [9.17, 15) is 9.59 Å². The highest BCUT2D eigenvalue weighted by Gasteiger charge is 2.05. The van der Waals surface area contributed by atoms with Crippen LogP contribution in [-0.4, -0.2) is 31.5 Å². The van der Waals surface area contributed by atoms with Crippen molar-refractivity contribution < 1.29 is 14.3 Å². The van der Waals surface area contributed by atoms with Crippen molar-refractivity contribution in [1.82, 2.24) is 10.6 Å². The first-order valence-electron chi connectivity index (χ1n) is 7.13. The number of hydrogen-bond donors (Lipinski definition) is 2. The summed E-state index contributed by atoms with van der Waals surface area (Å²) in [4.78, 5) is 23.4. The van der Waals surface area contributed by atoms with Gasteiger partial charge in [0.2, 0.25) is 0 Å². The third-order valence-corrected chi connectivity index (χ3v) is 3.17. The predicted octanol–water partition coefficient (Wildman–Crippen LogP) is 2.26. The van der Waals surface area contributed by atoms with Crippen LogP contribution in [0.3, 0.4) is 0 Å². The Balaban J connectivity index is 1.62. The van der Waals surface area contributed by atoms with Crippen LogP contribution in [0.15, 0.2) is 54.6 Å². The number of benzene rings is 2. The van der Waals surface area contributed by atoms with E-state index < -0.39 is 0 Å². The van der Waals surface area contributed by atoms with Crippen LogP contribution < -0.4 is 15.4 Å². The van der Waals surface area contributed by atoms with Gasteiger partial charge in [-0.05, 0) is 30.3 Å². The summed E-state index contributed by atoms with van der Waals surface area (Å²) in [5.74, 6) is 0.0963. The molecule has 0 fully saturated rings. The van der Waals surface area contributed by atoms with Crippen molar-refractivity contribution in [3.05, 3.63) is 65.2 Å². The maximum absolute atomic E-state index is 11.8. The molecule has 0 saturated heterocycles. The molecule has 2 rings (SSSR count). The highest BCUT2D eigenvalue weighted by atomic mass is 35.5. The van der Waals surface area contributed by atoms with Crippen molar-refractivity contribution in [2.45, 2.75) is 0 Å². The number of nitrogens with one attached hydrogen (secondary N) is 2. The molecule has 120 valence electrons. The first kappa shape index (κ1) is 16.8. The summed E-state index contributed by atoms with van der Waals surface area (Å²) in [5, 5.41) is 5.93. The number of hydrogen-bond acceptors (Lipinski definition) is 3. The van der Waals surface area contributed by atoms with Gasteiger partial charge in [-0.25, -0.2) is 0 Å². The van der Waals surface area contributed by atoms with E-state index >= 15 is 0 Å². The van der Waals surface area contributed by atoms with Gasteiger partial charge in [0.25, 0.3) is 11.8 Å². The average Bonchev–Trinajstić information content (AvgIpc) is 2.57. The van der Waals surface area contributed by atoms with Gasteiger partial charge in [-0.2, -0.15) is 0 Å². The van der Waals surface area contributed by atoms with Crippen molar-refractivity contribution in [1.29, 1.82) is 0 Å². The molecule has 2 aromatic carbocycles. The molecule has 23 heavy (non-hydrogen) atoms. The Morgan fingerprint density at radius 1 is 0.957 bits per heavy atom. The lowest BCUT2D eigenvalue weighted by Crippen LogP contribution is -2.36. The highest BCUT2D eigenvalue weighted by molar-refractivity contribution is 6.30. The second kappa shape index (κ2) is 8.80. The van der Waals surface area contributed by atoms with Crippen LogP contribution in [0.1, 0.15) is 10.4 Å². The fourth-order valence-electron chi connectivity index (χ4n) is 1.83. The minimum Gasteiger partial charge on any atom is -0.484 e. The van der Waals surface area contributed by atoms with Gasteiger partial charge < -0.3 is 15.4 Å². The number of carbonyl (C=O) groups is 2. The van der Waals surface area contributed by atoms with Crippen molar-refractivity contribution >= 4 is 23.4 Å². The molecule has 0 heterocycles. The van der Waals surface area contributed by atoms with Gasteiger partial charge in [-0.3, -0.25) is 9.59 Å². The van der Waals surface area contributed by atoms with Crippen LogP contribution >= 0.6 is 11.6 Å². The molecule has 0 aliphatic carbocycles. The van der Waals surface area contributed by atoms with Gasteiger partial charge in [0, 0.05) is 23.7 Å². The van der Waals surface area contributed by atoms with Crippen LogP contribution in [-0.2, 0) is 4.79 Å². The van der Waals surface area contributed by atoms with Crippen molar-refractivity contribution in [2.24, 2.45) is 0 Å². The third kappa shape index (κ3) is 6.00. The Labute approximate surface area is 139 Å². The Hall–Kier alpha value is -2.53. The molecule has 0 spiro atoms. The maximum atomic E-state index is 11.8. The van der Waals surface area contributed by atoms with Crippen LogP contribution in [0.25, 0.3) is 0 Å². The molecular formula is C17H17ClN2O3. The molecule has 0 bridgehead atoms. The monoisotopic (exact) mass is 332 g/mol. The minimum atomic E-state index is -0.265. The topological polar surface area (TPSA) is 67.4 Å². The summed E-state index contributed by atoms with van der Waals surface area (Å²) >= 11 is 5.82. The summed E-state index contributed by atoms with van der Waals surface area (Å²) in [6.45, 7) is 0.569. The zero-order chi connectivity index (χ0) is 16.5. The van der Waals surface area contributed by atoms with E-state index in [1.807, 2.05) is 6.07 Å². The van der Waals surface area contributed by atoms with Crippen LogP contribution in [0.5, 0.6) is 5.75 Å². The van der Waals surface area contributed by atoms with Crippen molar-refractivity contribution in [2.75, 3.05) is 19.7 Å². The molecule has 0 radical (unpaired) electrons. The second-order valence-electron chi connectivity index (χ2n) is 4.72. The van der Waals surface area contributed by atoms with Crippen molar-refractivity contribution in [3.8, 4) is 5.75 Å². The molecule has 0 aliphatic rings. The summed E-state index contributed by atoms with van der Waals surface area (Å²) in [7, 11) is 0. The summed E-state index contributed by atoms with van der Waals surface area (Å²) in [5.41, 5.74) is 0.586. The fraction of sp³-hybridized carbons (Fsp3) is 0.176. The molecule has 2 aromatic rings. The Bertz CT molecular complexity index is 662. The Kier molecular flexibility index (Phi) is 6.44. The van der Waals surface area contributed by atoms with Gasteiger partial charge in [0.05, 0.1) is 0 Å². The normalized spacial score (nSPS) is 9.96. The standard InChI is InChI=1S/C17H17ClN2O3/c18-14-7-4-8-15(11-14)23-12-16(21)19-9-10-20-17(22)13-5-2-1-3-6-13/h1-8,11H,9-10,12H2,(H,19,21)(H,20,22). The molecular weight excluding hydrogens is 316 g/mol. The first-order valence-corrected chi connectivity index (χ1v) is 7.51. The maximum Gasteiger partial charge on any atom is 0.258 e. The summed E-state index contributed by atoms with van der Waals surface area (Å²) in [6, 6.07) is 15.7. The van der Waals surface area contributed by atoms with Gasteiger partial charge in [-0.1, -0.05) is 35.9 Å². The SMILES string of the molecule is O=C(COc1cccc(Cl)c1)NCCNC(=O)c1ccccc1. The van der Waals surface area contributed by atoms with Crippen LogP contribution in [0.4, 0.5) is 0 Å². The lowest BCUT2D eigenvalue weighted by molar-refractivity contribution is -0.123. The Morgan fingerprint density at radius 2 is 1.70 bits per heavy atom. The van der Waals surface area contributed by atoms with Crippen LogP contribution in [0, 0.1) is 0 Å². The lowest BCUT2D eigenvalue weighted by Gasteiger charge is -2.08. The predicted molar refractivity (Wildman–Crippen MR) is 88.7 cm³/mol. The van der Waals surface area contributed by atoms with E-state index in [1.165, 1.54) is 0 Å². The molecule has 0 saturated carbocycles. The number of amides is 2. The van der Waals surface area contributed by atoms with Gasteiger partial charge >= 0.3 is 0 Å². The van der Waals surface area contributed by atoms with Gasteiger partial charge in [-0.15, -0.1) is 0 Å². The zero-order valence-electron chi connectivity index (χ0n) is 12.4. The van der Waals surface area contributed by atoms with Gasteiger partial charge in [0.15, 0.2) is 6.61 Å². The van der Waals surface area contributed by atoms with E-state index in [2.05, 4.69) is 10.6 Å². The average molecular weight is 333 g/mol. The zero-order valence-corrected chi connectivity index (χ0v) is 13.2. The van der Waals surface area contributed by atoms with Gasteiger partial charge in [0.1, 0.15) is 5.75 Å². The third-order valence-electron chi connectivity index (χ3n) is 2.93. The quantitative estimate of drug-likeness (QED) is 0.764. The van der Waals surface area contributed by atoms with E-state index in [4.69, 9.17) is 16.3 Å².